The molecule has 3 heteroatoms. The van der Waals surface area contributed by atoms with Gasteiger partial charge in [0.2, 0.25) is 0 Å². The van der Waals surface area contributed by atoms with E-state index in [0.717, 1.165) is 54.9 Å². The van der Waals surface area contributed by atoms with Crippen LogP contribution in [0.5, 0.6) is 11.5 Å². The molecule has 0 saturated heterocycles. The Kier molecular flexibility index (Phi) is 5.58. The molecule has 1 atom stereocenters. The molecule has 0 aromatic heterocycles. The van der Waals surface area contributed by atoms with Crippen molar-refractivity contribution in [3.05, 3.63) is 160 Å². The van der Waals surface area contributed by atoms with Crippen LogP contribution in [0.25, 0.3) is 17.2 Å². The van der Waals surface area contributed by atoms with Crippen LogP contribution in [0.3, 0.4) is 0 Å². The van der Waals surface area contributed by atoms with E-state index in [2.05, 4.69) is 77.1 Å². The normalized spacial score (nSPS) is 15.7. The molecule has 0 N–H and O–H groups in total. The maximum atomic E-state index is 14.7. The summed E-state index contributed by atoms with van der Waals surface area (Å²) in [6.45, 7) is 3.80. The van der Waals surface area contributed by atoms with Crippen molar-refractivity contribution in [3.63, 3.8) is 0 Å². The maximum Gasteiger partial charge on any atom is 0.127 e. The van der Waals surface area contributed by atoms with Crippen molar-refractivity contribution in [2.24, 2.45) is 0 Å². The van der Waals surface area contributed by atoms with Crippen molar-refractivity contribution < 1.29 is 9.13 Å². The summed E-state index contributed by atoms with van der Waals surface area (Å²) in [5.74, 6) is 1.24. The van der Waals surface area contributed by atoms with Crippen LogP contribution in [-0.4, -0.2) is 0 Å². The zero-order valence-corrected chi connectivity index (χ0v) is 21.0. The zero-order valence-electron chi connectivity index (χ0n) is 19.4. The molecule has 36 heavy (non-hydrogen) atoms. The summed E-state index contributed by atoms with van der Waals surface area (Å²) in [4.78, 5) is 0. The Morgan fingerprint density at radius 1 is 0.667 bits per heavy atom. The summed E-state index contributed by atoms with van der Waals surface area (Å²) >= 11 is 3.68. The minimum Gasteiger partial charge on any atom is -0.457 e. The van der Waals surface area contributed by atoms with Gasteiger partial charge in [0.1, 0.15) is 17.3 Å². The van der Waals surface area contributed by atoms with Crippen LogP contribution in [0.2, 0.25) is 0 Å². The number of hydrogen-bond acceptors (Lipinski definition) is 1. The second-order valence-electron chi connectivity index (χ2n) is 8.90. The number of hydrogen-bond donors (Lipinski definition) is 0. The molecule has 1 aliphatic rings. The average molecular weight is 533 g/mol. The molecule has 0 fully saturated rings. The molecule has 0 heterocycles. The van der Waals surface area contributed by atoms with E-state index in [-0.39, 0.29) is 5.82 Å². The maximum absolute atomic E-state index is 14.7. The molecule has 0 bridgehead atoms. The van der Waals surface area contributed by atoms with Gasteiger partial charge in [-0.3, -0.25) is 0 Å². The fourth-order valence-corrected chi connectivity index (χ4v) is 5.70. The molecule has 0 aliphatic heterocycles. The van der Waals surface area contributed by atoms with Gasteiger partial charge in [-0.15, -0.1) is 0 Å². The lowest BCUT2D eigenvalue weighted by Gasteiger charge is -2.34. The van der Waals surface area contributed by atoms with Crippen LogP contribution in [0, 0.1) is 5.82 Å². The first kappa shape index (κ1) is 22.5. The van der Waals surface area contributed by atoms with Gasteiger partial charge in [-0.1, -0.05) is 95.3 Å². The van der Waals surface area contributed by atoms with E-state index in [1.165, 1.54) is 6.07 Å². The Morgan fingerprint density at radius 3 is 2.08 bits per heavy atom. The molecule has 6 rings (SSSR count). The number of rotatable bonds is 5. The molecule has 0 saturated carbocycles. The third kappa shape index (κ3) is 3.59. The Bertz CT molecular complexity index is 1590. The third-order valence-electron chi connectivity index (χ3n) is 6.90. The van der Waals surface area contributed by atoms with E-state index in [9.17, 15) is 4.39 Å². The van der Waals surface area contributed by atoms with Gasteiger partial charge in [-0.05, 0) is 87.5 Å². The van der Waals surface area contributed by atoms with Crippen molar-refractivity contribution in [2.75, 3.05) is 0 Å². The second-order valence-corrected chi connectivity index (χ2v) is 9.81. The van der Waals surface area contributed by atoms with Gasteiger partial charge < -0.3 is 4.74 Å². The fourth-order valence-electron chi connectivity index (χ4n) is 5.34. The molecule has 0 amide bonds. The van der Waals surface area contributed by atoms with E-state index < -0.39 is 5.41 Å². The number of halogens is 2. The lowest BCUT2D eigenvalue weighted by Crippen LogP contribution is -2.28. The minimum atomic E-state index is -0.665. The van der Waals surface area contributed by atoms with Crippen molar-refractivity contribution in [2.45, 2.75) is 5.41 Å². The largest absolute Gasteiger partial charge is 0.457 e. The van der Waals surface area contributed by atoms with Crippen molar-refractivity contribution in [1.82, 2.24) is 0 Å². The van der Waals surface area contributed by atoms with E-state index in [4.69, 9.17) is 4.74 Å². The van der Waals surface area contributed by atoms with E-state index in [0.29, 0.717) is 0 Å². The molecule has 1 unspecified atom stereocenters. The van der Waals surface area contributed by atoms with Crippen LogP contribution in [0.1, 0.15) is 27.8 Å². The first-order chi connectivity index (χ1) is 17.6. The van der Waals surface area contributed by atoms with Crippen molar-refractivity contribution in [1.29, 1.82) is 0 Å². The highest BCUT2D eigenvalue weighted by Gasteiger charge is 2.46. The van der Waals surface area contributed by atoms with Crippen molar-refractivity contribution >= 4 is 22.0 Å². The fraction of sp³-hybridized carbons (Fsp3) is 0.0303. The zero-order chi connectivity index (χ0) is 24.7. The summed E-state index contributed by atoms with van der Waals surface area (Å²) in [7, 11) is 0. The molecule has 5 aromatic rings. The van der Waals surface area contributed by atoms with Crippen LogP contribution in [0.15, 0.2) is 126 Å². The lowest BCUT2D eigenvalue weighted by atomic mass is 9.67. The summed E-state index contributed by atoms with van der Waals surface area (Å²) in [5, 5.41) is 0. The summed E-state index contributed by atoms with van der Waals surface area (Å²) in [6.07, 6.45) is 1.81. The van der Waals surface area contributed by atoms with Gasteiger partial charge in [0.05, 0.1) is 5.41 Å². The van der Waals surface area contributed by atoms with Crippen LogP contribution in [0.4, 0.5) is 4.39 Å². The lowest BCUT2D eigenvalue weighted by molar-refractivity contribution is 0.482. The second kappa shape index (κ2) is 8.92. The van der Waals surface area contributed by atoms with Crippen LogP contribution < -0.4 is 4.74 Å². The SMILES string of the molecule is C=Cc1ccc(Oc2ccc(C3(c4cccc(F)c4)c4ccccc4-c4ccc(Br)cc43)cc2)cc1. The Balaban J connectivity index is 1.54. The van der Waals surface area contributed by atoms with E-state index in [1.807, 2.05) is 42.5 Å². The Morgan fingerprint density at radius 2 is 1.36 bits per heavy atom. The van der Waals surface area contributed by atoms with Gasteiger partial charge in [0, 0.05) is 4.47 Å². The minimum absolute atomic E-state index is 0.254. The first-order valence-corrected chi connectivity index (χ1v) is 12.6. The van der Waals surface area contributed by atoms with Crippen LogP contribution >= 0.6 is 15.9 Å². The summed E-state index contributed by atoms with van der Waals surface area (Å²) in [6, 6.07) is 37.7. The van der Waals surface area contributed by atoms with Gasteiger partial charge in [0.25, 0.3) is 0 Å². The first-order valence-electron chi connectivity index (χ1n) is 11.8. The summed E-state index contributed by atoms with van der Waals surface area (Å²) < 4.78 is 21.8. The highest BCUT2D eigenvalue weighted by molar-refractivity contribution is 9.10. The standard InChI is InChI=1S/C33H22BrFO/c1-2-22-10-15-27(16-11-22)36-28-17-12-23(13-18-28)33(24-6-5-7-26(35)20-24)31-9-4-3-8-29(31)30-19-14-25(34)21-32(30)33/h2-21H,1H2. The molecular weight excluding hydrogens is 511 g/mol. The highest BCUT2D eigenvalue weighted by Crippen LogP contribution is 2.56. The smallest absolute Gasteiger partial charge is 0.127 e. The highest BCUT2D eigenvalue weighted by atomic mass is 79.9. The molecule has 1 aliphatic carbocycles. The van der Waals surface area contributed by atoms with Gasteiger partial charge in [-0.2, -0.15) is 0 Å². The average Bonchev–Trinajstić information content (AvgIpc) is 3.20. The van der Waals surface area contributed by atoms with Crippen molar-refractivity contribution in [3.8, 4) is 22.6 Å². The molecule has 174 valence electrons. The third-order valence-corrected chi connectivity index (χ3v) is 7.40. The molecule has 1 nitrogen and oxygen atoms in total. The van der Waals surface area contributed by atoms with Gasteiger partial charge in [0.15, 0.2) is 0 Å². The quantitative estimate of drug-likeness (QED) is 0.215. The predicted octanol–water partition coefficient (Wildman–Crippen LogP) is 9.39. The molecule has 0 spiro atoms. The molecule has 5 aromatic carbocycles. The molecule has 0 radical (unpaired) electrons. The van der Waals surface area contributed by atoms with Gasteiger partial charge in [-0.25, -0.2) is 4.39 Å². The van der Waals surface area contributed by atoms with Crippen LogP contribution in [-0.2, 0) is 5.41 Å². The summed E-state index contributed by atoms with van der Waals surface area (Å²) in [5.41, 5.74) is 6.89. The number of fused-ring (bicyclic) bond motifs is 3. The predicted molar refractivity (Wildman–Crippen MR) is 148 cm³/mol. The topological polar surface area (TPSA) is 9.23 Å². The number of ether oxygens (including phenoxy) is 1. The Labute approximate surface area is 218 Å². The monoisotopic (exact) mass is 532 g/mol. The van der Waals surface area contributed by atoms with Gasteiger partial charge >= 0.3 is 0 Å². The number of benzene rings is 5. The molecular formula is C33H22BrFO. The Hall–Kier alpha value is -3.95. The van der Waals surface area contributed by atoms with E-state index in [1.54, 1.807) is 18.2 Å². The van der Waals surface area contributed by atoms with E-state index >= 15 is 0 Å².